The lowest BCUT2D eigenvalue weighted by Gasteiger charge is -2.21. The lowest BCUT2D eigenvalue weighted by Crippen LogP contribution is -3.00. The van der Waals surface area contributed by atoms with Gasteiger partial charge in [0.25, 0.3) is 0 Å². The van der Waals surface area contributed by atoms with Crippen LogP contribution in [-0.4, -0.2) is 22.3 Å². The van der Waals surface area contributed by atoms with Gasteiger partial charge < -0.3 is 22.7 Å². The first-order valence-corrected chi connectivity index (χ1v) is 8.24. The van der Waals surface area contributed by atoms with Gasteiger partial charge in [0, 0.05) is 11.1 Å². The number of aromatic nitrogens is 1. The normalized spacial score (nSPS) is 12.3. The van der Waals surface area contributed by atoms with E-state index < -0.39 is 0 Å². The molecular weight excluding hydrogens is 318 g/mol. The minimum atomic E-state index is 0. The van der Waals surface area contributed by atoms with Gasteiger partial charge in [-0.25, -0.2) is 4.99 Å². The maximum Gasteiger partial charge on any atom is 0.186 e. The van der Waals surface area contributed by atoms with E-state index in [-0.39, 0.29) is 23.5 Å². The molecule has 0 bridgehead atoms. The summed E-state index contributed by atoms with van der Waals surface area (Å²) in [5, 5.41) is 3.57. The van der Waals surface area contributed by atoms with Crippen molar-refractivity contribution in [2.24, 2.45) is 0 Å². The molecule has 1 aromatic heterocycles. The summed E-state index contributed by atoms with van der Waals surface area (Å²) in [6, 6.07) is 10.5. The molecule has 0 atom stereocenters. The summed E-state index contributed by atoms with van der Waals surface area (Å²) in [4.78, 5) is 7.02. The molecule has 4 heteroatoms. The quantitative estimate of drug-likeness (QED) is 0.696. The van der Waals surface area contributed by atoms with Crippen LogP contribution in [0.15, 0.2) is 30.3 Å². The molecular formula is C20H30ClN3. The van der Waals surface area contributed by atoms with Gasteiger partial charge in [-0.05, 0) is 59.6 Å². The van der Waals surface area contributed by atoms with Crippen molar-refractivity contribution < 1.29 is 17.4 Å². The average molecular weight is 348 g/mol. The molecule has 3 N–H and O–H groups in total. The predicted molar refractivity (Wildman–Crippen MR) is 100 cm³/mol. The van der Waals surface area contributed by atoms with Crippen LogP contribution in [0.1, 0.15) is 52.8 Å². The molecule has 3 nitrogen and oxygen atoms in total. The fourth-order valence-corrected chi connectivity index (χ4v) is 2.49. The number of hydrogen-bond acceptors (Lipinski definition) is 1. The van der Waals surface area contributed by atoms with Crippen molar-refractivity contribution in [1.82, 2.24) is 4.98 Å². The molecule has 0 radical (unpaired) electrons. The Bertz CT molecular complexity index is 686. The van der Waals surface area contributed by atoms with Gasteiger partial charge in [-0.3, -0.25) is 0 Å². The van der Waals surface area contributed by atoms with E-state index in [2.05, 4.69) is 100 Å². The maximum atomic E-state index is 3.57. The van der Waals surface area contributed by atoms with Crippen molar-refractivity contribution in [2.75, 3.05) is 5.32 Å². The molecule has 2 rings (SSSR count). The molecule has 0 aliphatic rings. The first-order chi connectivity index (χ1) is 10.6. The van der Waals surface area contributed by atoms with E-state index in [0.29, 0.717) is 0 Å². The highest BCUT2D eigenvalue weighted by Crippen LogP contribution is 2.32. The predicted octanol–water partition coefficient (Wildman–Crippen LogP) is 0.503. The number of rotatable bonds is 3. The minimum Gasteiger partial charge on any atom is -1.00 e. The second kappa shape index (κ2) is 7.43. The number of halogens is 1. The Labute approximate surface area is 152 Å². The number of hydrogen-bond donors (Lipinski definition) is 3. The number of H-pyrrole nitrogens is 1. The zero-order valence-electron chi connectivity index (χ0n) is 15.8. The topological polar surface area (TPSA) is 41.8 Å². The fourth-order valence-electron chi connectivity index (χ4n) is 2.49. The van der Waals surface area contributed by atoms with Crippen LogP contribution in [0.5, 0.6) is 0 Å². The zero-order valence-corrected chi connectivity index (χ0v) is 16.6. The first-order valence-electron chi connectivity index (χ1n) is 8.24. The summed E-state index contributed by atoms with van der Waals surface area (Å²) >= 11 is 0. The van der Waals surface area contributed by atoms with E-state index >= 15 is 0 Å². The van der Waals surface area contributed by atoms with Crippen LogP contribution in [0.25, 0.3) is 11.1 Å². The van der Waals surface area contributed by atoms with E-state index in [0.717, 1.165) is 11.5 Å². The van der Waals surface area contributed by atoms with Crippen LogP contribution in [0.2, 0.25) is 0 Å². The van der Waals surface area contributed by atoms with Crippen molar-refractivity contribution in [3.05, 3.63) is 41.6 Å². The third-order valence-corrected chi connectivity index (χ3v) is 3.49. The van der Waals surface area contributed by atoms with E-state index in [1.165, 1.54) is 16.7 Å². The summed E-state index contributed by atoms with van der Waals surface area (Å²) in [5.41, 5.74) is 4.87. The van der Waals surface area contributed by atoms with Crippen LogP contribution < -0.4 is 22.7 Å². The van der Waals surface area contributed by atoms with Crippen LogP contribution in [0.4, 0.5) is 5.82 Å². The van der Waals surface area contributed by atoms with Crippen LogP contribution in [0.3, 0.4) is 0 Å². The lowest BCUT2D eigenvalue weighted by molar-refractivity contribution is -0.533. The van der Waals surface area contributed by atoms with E-state index in [1.807, 2.05) is 0 Å². The SMILES string of the molecule is Cc1c(NC(C)(C)C)[nH]c(C=[NH+]C(C)(C)C)c1-c1ccccc1.[Cl-]. The maximum absolute atomic E-state index is 3.57. The van der Waals surface area contributed by atoms with Gasteiger partial charge in [-0.15, -0.1) is 0 Å². The zero-order chi connectivity index (χ0) is 17.3. The Morgan fingerprint density at radius 3 is 2.08 bits per heavy atom. The first kappa shape index (κ1) is 20.3. The highest BCUT2D eigenvalue weighted by molar-refractivity contribution is 5.90. The molecule has 0 aliphatic carbocycles. The Balaban J connectivity index is 0.00000288. The van der Waals surface area contributed by atoms with Crippen LogP contribution >= 0.6 is 0 Å². The molecule has 0 unspecified atom stereocenters. The van der Waals surface area contributed by atoms with E-state index in [9.17, 15) is 0 Å². The Morgan fingerprint density at radius 2 is 1.58 bits per heavy atom. The van der Waals surface area contributed by atoms with Gasteiger partial charge in [0.15, 0.2) is 11.8 Å². The molecule has 0 aliphatic heterocycles. The monoisotopic (exact) mass is 347 g/mol. The van der Waals surface area contributed by atoms with Gasteiger partial charge in [-0.1, -0.05) is 30.3 Å². The Morgan fingerprint density at radius 1 is 1.00 bits per heavy atom. The number of anilines is 1. The molecule has 0 amide bonds. The molecule has 1 heterocycles. The Hall–Kier alpha value is -1.74. The van der Waals surface area contributed by atoms with Crippen LogP contribution in [-0.2, 0) is 0 Å². The van der Waals surface area contributed by atoms with Crippen molar-refractivity contribution in [3.8, 4) is 11.1 Å². The standard InChI is InChI=1S/C20H29N3.ClH/c1-14-17(15-11-9-8-10-12-15)16(13-21-19(2,3)4)22-18(14)23-20(5,6)7;/h8-13,22-23H,1-7H3;1H. The molecule has 132 valence electrons. The van der Waals surface area contributed by atoms with Crippen molar-refractivity contribution in [3.63, 3.8) is 0 Å². The minimum absolute atomic E-state index is 0. The summed E-state index contributed by atoms with van der Waals surface area (Å²) in [6.07, 6.45) is 2.09. The molecule has 0 saturated heterocycles. The second-order valence-corrected chi connectivity index (χ2v) is 8.19. The summed E-state index contributed by atoms with van der Waals surface area (Å²) < 4.78 is 0. The Kier molecular flexibility index (Phi) is 6.29. The van der Waals surface area contributed by atoms with Gasteiger partial charge in [0.1, 0.15) is 11.5 Å². The molecule has 1 aromatic carbocycles. The van der Waals surface area contributed by atoms with Gasteiger partial charge in [0.05, 0.1) is 0 Å². The average Bonchev–Trinajstić information content (AvgIpc) is 2.71. The second-order valence-electron chi connectivity index (χ2n) is 8.19. The molecule has 0 spiro atoms. The number of nitrogens with one attached hydrogen (secondary N) is 3. The third-order valence-electron chi connectivity index (χ3n) is 3.49. The van der Waals surface area contributed by atoms with Crippen molar-refractivity contribution in [1.29, 1.82) is 0 Å². The van der Waals surface area contributed by atoms with E-state index in [4.69, 9.17) is 0 Å². The smallest absolute Gasteiger partial charge is 0.186 e. The molecule has 2 aromatic rings. The third kappa shape index (κ3) is 5.41. The van der Waals surface area contributed by atoms with Crippen molar-refractivity contribution >= 4 is 12.0 Å². The molecule has 0 fully saturated rings. The van der Waals surface area contributed by atoms with Gasteiger partial charge in [-0.2, -0.15) is 0 Å². The summed E-state index contributed by atoms with van der Waals surface area (Å²) in [7, 11) is 0. The largest absolute Gasteiger partial charge is 1.00 e. The van der Waals surface area contributed by atoms with Crippen LogP contribution in [0, 0.1) is 6.92 Å². The molecule has 24 heavy (non-hydrogen) atoms. The number of aromatic amines is 1. The summed E-state index contributed by atoms with van der Waals surface area (Å²) in [6.45, 7) is 15.2. The lowest BCUT2D eigenvalue weighted by atomic mass is 10.0. The summed E-state index contributed by atoms with van der Waals surface area (Å²) in [5.74, 6) is 1.08. The highest BCUT2D eigenvalue weighted by atomic mass is 35.5. The highest BCUT2D eigenvalue weighted by Gasteiger charge is 2.20. The number of benzene rings is 1. The van der Waals surface area contributed by atoms with Gasteiger partial charge in [0.2, 0.25) is 0 Å². The van der Waals surface area contributed by atoms with Crippen molar-refractivity contribution in [2.45, 2.75) is 59.5 Å². The van der Waals surface area contributed by atoms with Gasteiger partial charge >= 0.3 is 0 Å². The van der Waals surface area contributed by atoms with E-state index in [1.54, 1.807) is 0 Å². The fraction of sp³-hybridized carbons (Fsp3) is 0.450. The molecule has 0 saturated carbocycles.